The van der Waals surface area contributed by atoms with Gasteiger partial charge in [-0.15, -0.1) is 0 Å². The summed E-state index contributed by atoms with van der Waals surface area (Å²) in [6, 6.07) is 0. The Bertz CT molecular complexity index is 665. The second kappa shape index (κ2) is 8.36. The summed E-state index contributed by atoms with van der Waals surface area (Å²) in [7, 11) is -3.35. The molecule has 0 radical (unpaired) electrons. The smallest absolute Gasteiger partial charge is 0.282 e. The first-order chi connectivity index (χ1) is 12.1. The summed E-state index contributed by atoms with van der Waals surface area (Å²) < 4.78 is 36.1. The van der Waals surface area contributed by atoms with Crippen LogP contribution in [-0.2, 0) is 28.0 Å². The van der Waals surface area contributed by atoms with Crippen molar-refractivity contribution in [2.75, 3.05) is 58.7 Å². The zero-order chi connectivity index (χ0) is 17.9. The number of piperazine rings is 1. The van der Waals surface area contributed by atoms with E-state index in [1.165, 1.54) is 5.69 Å². The van der Waals surface area contributed by atoms with E-state index < -0.39 is 10.2 Å². The molecule has 0 saturated carbocycles. The molecule has 10 heteroatoms. The molecule has 2 aliphatic heterocycles. The van der Waals surface area contributed by atoms with E-state index in [9.17, 15) is 8.42 Å². The van der Waals surface area contributed by atoms with E-state index >= 15 is 0 Å². The summed E-state index contributed by atoms with van der Waals surface area (Å²) in [6.45, 7) is 8.27. The average Bonchev–Trinajstić information content (AvgIpc) is 3.04. The summed E-state index contributed by atoms with van der Waals surface area (Å²) >= 11 is 1.65. The third-order valence-corrected chi connectivity index (χ3v) is 7.47. The lowest BCUT2D eigenvalue weighted by molar-refractivity contribution is 0.0683. The van der Waals surface area contributed by atoms with E-state index in [2.05, 4.69) is 21.4 Å². The molecule has 0 N–H and O–H groups in total. The topological polar surface area (TPSA) is 70.9 Å². The molecule has 0 bridgehead atoms. The van der Waals surface area contributed by atoms with Gasteiger partial charge in [0.05, 0.1) is 25.1 Å². The molecular weight excluding hydrogens is 362 g/mol. The zero-order valence-corrected chi connectivity index (χ0v) is 16.6. The number of imidazole rings is 1. The third kappa shape index (κ3) is 4.20. The number of aromatic nitrogens is 2. The summed E-state index contributed by atoms with van der Waals surface area (Å²) in [5.74, 6) is 0. The Morgan fingerprint density at radius 1 is 1.12 bits per heavy atom. The summed E-state index contributed by atoms with van der Waals surface area (Å²) in [5, 5.41) is 1.03. The SMILES string of the molecule is CCn1c(CN2CCN(S(=O)(=O)N3CCOCC3)CC2)cnc1SC. The predicted octanol–water partition coefficient (Wildman–Crippen LogP) is 0.320. The lowest BCUT2D eigenvalue weighted by Crippen LogP contribution is -2.54. The Labute approximate surface area is 154 Å². The van der Waals surface area contributed by atoms with Crippen molar-refractivity contribution in [3.63, 3.8) is 0 Å². The van der Waals surface area contributed by atoms with E-state index in [4.69, 9.17) is 4.74 Å². The fourth-order valence-corrected chi connectivity index (χ4v) is 5.49. The lowest BCUT2D eigenvalue weighted by Gasteiger charge is -2.37. The Hall–Kier alpha value is -0.650. The standard InChI is InChI=1S/C15H27N5O3S2/c1-3-20-14(12-16-15(20)24-2)13-17-4-6-18(7-5-17)25(21,22)19-8-10-23-11-9-19/h12H,3-11,13H2,1-2H3. The summed E-state index contributed by atoms with van der Waals surface area (Å²) in [5.41, 5.74) is 1.19. The minimum atomic E-state index is -3.35. The van der Waals surface area contributed by atoms with Gasteiger partial charge < -0.3 is 9.30 Å². The Kier molecular flexibility index (Phi) is 6.39. The van der Waals surface area contributed by atoms with Crippen LogP contribution in [0.2, 0.25) is 0 Å². The number of hydrogen-bond acceptors (Lipinski definition) is 6. The number of morpholine rings is 1. The van der Waals surface area contributed by atoms with Crippen molar-refractivity contribution in [1.29, 1.82) is 0 Å². The molecule has 1 aromatic rings. The average molecular weight is 390 g/mol. The van der Waals surface area contributed by atoms with Crippen molar-refractivity contribution < 1.29 is 13.2 Å². The van der Waals surface area contributed by atoms with Gasteiger partial charge in [-0.25, -0.2) is 4.98 Å². The van der Waals surface area contributed by atoms with E-state index in [0.29, 0.717) is 39.4 Å². The normalized spacial score (nSPS) is 21.7. The molecule has 0 atom stereocenters. The van der Waals surface area contributed by atoms with Gasteiger partial charge in [-0.1, -0.05) is 11.8 Å². The molecule has 3 rings (SSSR count). The van der Waals surface area contributed by atoms with Crippen LogP contribution in [0.1, 0.15) is 12.6 Å². The van der Waals surface area contributed by atoms with Crippen molar-refractivity contribution in [1.82, 2.24) is 23.1 Å². The molecule has 0 unspecified atom stereocenters. The van der Waals surface area contributed by atoms with Crippen molar-refractivity contribution in [3.8, 4) is 0 Å². The van der Waals surface area contributed by atoms with Crippen LogP contribution in [-0.4, -0.2) is 90.2 Å². The molecule has 1 aromatic heterocycles. The van der Waals surface area contributed by atoms with Gasteiger partial charge >= 0.3 is 0 Å². The van der Waals surface area contributed by atoms with Gasteiger partial charge in [0.25, 0.3) is 10.2 Å². The van der Waals surface area contributed by atoms with Gasteiger partial charge in [0.2, 0.25) is 0 Å². The zero-order valence-electron chi connectivity index (χ0n) is 14.9. The Balaban J connectivity index is 1.57. The van der Waals surface area contributed by atoms with Crippen LogP contribution in [0.25, 0.3) is 0 Å². The molecule has 2 fully saturated rings. The first-order valence-electron chi connectivity index (χ1n) is 8.70. The number of ether oxygens (including phenoxy) is 1. The molecule has 2 saturated heterocycles. The summed E-state index contributed by atoms with van der Waals surface area (Å²) in [4.78, 5) is 6.76. The molecule has 8 nitrogen and oxygen atoms in total. The van der Waals surface area contributed by atoms with E-state index in [0.717, 1.165) is 31.3 Å². The van der Waals surface area contributed by atoms with Crippen molar-refractivity contribution >= 4 is 22.0 Å². The van der Waals surface area contributed by atoms with E-state index in [1.54, 1.807) is 20.4 Å². The first kappa shape index (κ1) is 19.1. The fraction of sp³-hybridized carbons (Fsp3) is 0.800. The highest BCUT2D eigenvalue weighted by Crippen LogP contribution is 2.19. The highest BCUT2D eigenvalue weighted by atomic mass is 32.2. The number of thioether (sulfide) groups is 1. The Morgan fingerprint density at radius 3 is 2.36 bits per heavy atom. The van der Waals surface area contributed by atoms with Crippen LogP contribution in [0.15, 0.2) is 11.4 Å². The van der Waals surface area contributed by atoms with Crippen molar-refractivity contribution in [2.45, 2.75) is 25.2 Å². The Morgan fingerprint density at radius 2 is 1.76 bits per heavy atom. The molecule has 25 heavy (non-hydrogen) atoms. The van der Waals surface area contributed by atoms with Crippen LogP contribution in [0, 0.1) is 0 Å². The van der Waals surface area contributed by atoms with Crippen LogP contribution in [0.5, 0.6) is 0 Å². The molecule has 0 aliphatic carbocycles. The molecule has 0 aromatic carbocycles. The molecule has 2 aliphatic rings. The maximum atomic E-state index is 12.7. The predicted molar refractivity (Wildman–Crippen MR) is 97.8 cm³/mol. The minimum Gasteiger partial charge on any atom is -0.379 e. The van der Waals surface area contributed by atoms with Gasteiger partial charge in [0.15, 0.2) is 5.16 Å². The summed E-state index contributed by atoms with van der Waals surface area (Å²) in [6.07, 6.45) is 3.97. The molecule has 0 amide bonds. The quantitative estimate of drug-likeness (QED) is 0.653. The van der Waals surface area contributed by atoms with E-state index in [-0.39, 0.29) is 0 Å². The van der Waals surface area contributed by atoms with Crippen molar-refractivity contribution in [3.05, 3.63) is 11.9 Å². The second-order valence-electron chi connectivity index (χ2n) is 6.17. The van der Waals surface area contributed by atoms with Crippen LogP contribution in [0.4, 0.5) is 0 Å². The van der Waals surface area contributed by atoms with Crippen LogP contribution in [0.3, 0.4) is 0 Å². The third-order valence-electron chi connectivity index (χ3n) is 4.74. The van der Waals surface area contributed by atoms with Gasteiger partial charge in [-0.2, -0.15) is 17.0 Å². The largest absolute Gasteiger partial charge is 0.379 e. The highest BCUT2D eigenvalue weighted by Gasteiger charge is 2.33. The molecule has 3 heterocycles. The fourth-order valence-electron chi connectivity index (χ4n) is 3.31. The maximum Gasteiger partial charge on any atom is 0.282 e. The van der Waals surface area contributed by atoms with Gasteiger partial charge in [-0.3, -0.25) is 4.90 Å². The minimum absolute atomic E-state index is 0.454. The molecular formula is C15H27N5O3S2. The lowest BCUT2D eigenvalue weighted by atomic mass is 10.3. The second-order valence-corrected chi connectivity index (χ2v) is 8.88. The number of hydrogen-bond donors (Lipinski definition) is 0. The van der Waals surface area contributed by atoms with Crippen LogP contribution >= 0.6 is 11.8 Å². The first-order valence-corrected chi connectivity index (χ1v) is 11.3. The molecule has 0 spiro atoms. The van der Waals surface area contributed by atoms with Gasteiger partial charge in [0, 0.05) is 52.4 Å². The van der Waals surface area contributed by atoms with Crippen LogP contribution < -0.4 is 0 Å². The van der Waals surface area contributed by atoms with Crippen molar-refractivity contribution in [2.24, 2.45) is 0 Å². The molecule has 142 valence electrons. The van der Waals surface area contributed by atoms with Gasteiger partial charge in [-0.05, 0) is 13.2 Å². The van der Waals surface area contributed by atoms with E-state index in [1.807, 2.05) is 12.5 Å². The number of nitrogens with zero attached hydrogens (tertiary/aromatic N) is 5. The monoisotopic (exact) mass is 389 g/mol. The number of rotatable bonds is 6. The maximum absolute atomic E-state index is 12.7. The van der Waals surface area contributed by atoms with Gasteiger partial charge in [0.1, 0.15) is 0 Å². The highest BCUT2D eigenvalue weighted by molar-refractivity contribution is 7.98.